The van der Waals surface area contributed by atoms with Gasteiger partial charge in [-0.2, -0.15) is 0 Å². The van der Waals surface area contributed by atoms with Gasteiger partial charge in [-0.15, -0.1) is 0 Å². The second-order valence-corrected chi connectivity index (χ2v) is 8.29. The Labute approximate surface area is 126 Å². The van der Waals surface area contributed by atoms with Crippen molar-refractivity contribution in [2.45, 2.75) is 18.1 Å². The number of nitrogens with zero attached hydrogens (tertiary/aromatic N) is 2. The van der Waals surface area contributed by atoms with Gasteiger partial charge in [0.05, 0.1) is 0 Å². The monoisotopic (exact) mass is 352 g/mol. The van der Waals surface area contributed by atoms with Gasteiger partial charge in [-0.1, -0.05) is 34.2 Å². The molecule has 1 aliphatic carbocycles. The molecule has 2 aromatic rings. The minimum atomic E-state index is -3.58. The molecule has 4 nitrogen and oxygen atoms in total. The van der Waals surface area contributed by atoms with E-state index in [9.17, 15) is 8.42 Å². The molecule has 2 aromatic heterocycles. The molecular formula is C14H13BrN2O2S. The number of rotatable bonds is 2. The average Bonchev–Trinajstić information content (AvgIpc) is 2.82. The first-order valence-corrected chi connectivity index (χ1v) is 8.38. The van der Waals surface area contributed by atoms with Crippen molar-refractivity contribution in [2.24, 2.45) is 0 Å². The number of aromatic nitrogens is 2. The fourth-order valence-electron chi connectivity index (χ4n) is 2.35. The molecule has 2 heterocycles. The Kier molecular flexibility index (Phi) is 3.10. The molecule has 20 heavy (non-hydrogen) atoms. The third kappa shape index (κ3) is 1.94. The van der Waals surface area contributed by atoms with E-state index in [2.05, 4.69) is 20.9 Å². The van der Waals surface area contributed by atoms with Gasteiger partial charge in [-0.05, 0) is 29.6 Å². The minimum absolute atomic E-state index is 0.415. The molecule has 6 heteroatoms. The molecule has 1 unspecified atom stereocenters. The van der Waals surface area contributed by atoms with Gasteiger partial charge < -0.3 is 0 Å². The van der Waals surface area contributed by atoms with Crippen LogP contribution in [0.5, 0.6) is 0 Å². The molecule has 0 aromatic carbocycles. The Bertz CT molecular complexity index is 836. The molecule has 0 fully saturated rings. The highest BCUT2D eigenvalue weighted by molar-refractivity contribution is 9.11. The highest BCUT2D eigenvalue weighted by Gasteiger charge is 2.40. The van der Waals surface area contributed by atoms with Gasteiger partial charge in [-0.3, -0.25) is 0 Å². The fraction of sp³-hybridized carbons (Fsp3) is 0.214. The first kappa shape index (κ1) is 13.6. The van der Waals surface area contributed by atoms with Crippen molar-refractivity contribution in [1.82, 2.24) is 8.96 Å². The first-order valence-electron chi connectivity index (χ1n) is 6.15. The summed E-state index contributed by atoms with van der Waals surface area (Å²) >= 11 is 3.39. The molecule has 3 rings (SSSR count). The maximum Gasteiger partial charge on any atom is 0.249 e. The van der Waals surface area contributed by atoms with Crippen molar-refractivity contribution in [2.75, 3.05) is 0 Å². The van der Waals surface area contributed by atoms with E-state index in [1.165, 1.54) is 3.97 Å². The first-order chi connectivity index (χ1) is 9.44. The Hall–Kier alpha value is -1.40. The Morgan fingerprint density at radius 1 is 1.40 bits per heavy atom. The second kappa shape index (κ2) is 4.56. The third-order valence-corrected chi connectivity index (χ3v) is 6.33. The average molecular weight is 353 g/mol. The van der Waals surface area contributed by atoms with E-state index in [1.54, 1.807) is 43.6 Å². The van der Waals surface area contributed by atoms with E-state index >= 15 is 0 Å². The molecule has 0 aliphatic heterocycles. The summed E-state index contributed by atoms with van der Waals surface area (Å²) in [6.45, 7) is 1.72. The Morgan fingerprint density at radius 2 is 2.20 bits per heavy atom. The molecule has 1 aliphatic rings. The molecule has 0 radical (unpaired) electrons. The van der Waals surface area contributed by atoms with E-state index < -0.39 is 14.8 Å². The van der Waals surface area contributed by atoms with Crippen LogP contribution < -0.4 is 0 Å². The normalized spacial score (nSPS) is 23.0. The van der Waals surface area contributed by atoms with Crippen molar-refractivity contribution in [3.63, 3.8) is 0 Å². The van der Waals surface area contributed by atoms with Gasteiger partial charge in [0.2, 0.25) is 10.0 Å². The van der Waals surface area contributed by atoms with Gasteiger partial charge in [0.15, 0.2) is 5.65 Å². The summed E-state index contributed by atoms with van der Waals surface area (Å²) in [5, 5.41) is 0.814. The van der Waals surface area contributed by atoms with Crippen LogP contribution in [0.1, 0.15) is 13.3 Å². The summed E-state index contributed by atoms with van der Waals surface area (Å²) in [6, 6.07) is 5.41. The van der Waals surface area contributed by atoms with Crippen LogP contribution >= 0.6 is 15.9 Å². The smallest absolute Gasteiger partial charge is 0.237 e. The number of hydrogen-bond acceptors (Lipinski definition) is 3. The Balaban J connectivity index is 2.18. The van der Waals surface area contributed by atoms with Crippen LogP contribution in [-0.4, -0.2) is 22.1 Å². The van der Waals surface area contributed by atoms with Gasteiger partial charge >= 0.3 is 0 Å². The Morgan fingerprint density at radius 3 is 2.95 bits per heavy atom. The lowest BCUT2D eigenvalue weighted by Gasteiger charge is -2.28. The molecule has 1 atom stereocenters. The number of fused-ring (bicyclic) bond motifs is 1. The van der Waals surface area contributed by atoms with E-state index in [0.29, 0.717) is 12.1 Å². The molecule has 104 valence electrons. The zero-order valence-corrected chi connectivity index (χ0v) is 13.2. The largest absolute Gasteiger partial charge is 0.249 e. The predicted molar refractivity (Wildman–Crippen MR) is 83.2 cm³/mol. The molecule has 0 amide bonds. The lowest BCUT2D eigenvalue weighted by Crippen LogP contribution is -2.38. The van der Waals surface area contributed by atoms with E-state index in [0.717, 1.165) is 9.87 Å². The molecule has 0 saturated heterocycles. The van der Waals surface area contributed by atoms with Crippen molar-refractivity contribution in [1.29, 1.82) is 0 Å². The van der Waals surface area contributed by atoms with Crippen LogP contribution in [0.4, 0.5) is 0 Å². The van der Waals surface area contributed by atoms with Crippen LogP contribution in [0, 0.1) is 0 Å². The van der Waals surface area contributed by atoms with Gasteiger partial charge in [-0.25, -0.2) is 17.4 Å². The highest BCUT2D eigenvalue weighted by atomic mass is 79.9. The van der Waals surface area contributed by atoms with Crippen LogP contribution in [-0.2, 0) is 10.0 Å². The SMILES string of the molecule is CC1(S(=O)(=O)n2ccc3cccnc32)C=CC=C(Br)C1. The maximum absolute atomic E-state index is 13.0. The molecule has 0 bridgehead atoms. The van der Waals surface area contributed by atoms with E-state index in [-0.39, 0.29) is 0 Å². The van der Waals surface area contributed by atoms with Gasteiger partial charge in [0, 0.05) is 24.2 Å². The highest BCUT2D eigenvalue weighted by Crippen LogP contribution is 2.35. The molecule has 0 spiro atoms. The zero-order chi connectivity index (χ0) is 14.4. The lowest BCUT2D eigenvalue weighted by molar-refractivity contribution is 0.554. The lowest BCUT2D eigenvalue weighted by atomic mass is 10.0. The molecule has 0 N–H and O–H groups in total. The number of halogens is 1. The fourth-order valence-corrected chi connectivity index (χ4v) is 4.91. The summed E-state index contributed by atoms with van der Waals surface area (Å²) in [4.78, 5) is 4.19. The van der Waals surface area contributed by atoms with Gasteiger partial charge in [0.1, 0.15) is 4.75 Å². The van der Waals surface area contributed by atoms with Crippen LogP contribution in [0.2, 0.25) is 0 Å². The minimum Gasteiger partial charge on any atom is -0.237 e. The van der Waals surface area contributed by atoms with Crippen LogP contribution in [0.25, 0.3) is 11.0 Å². The quantitative estimate of drug-likeness (QED) is 0.833. The van der Waals surface area contributed by atoms with Crippen molar-refractivity contribution in [3.05, 3.63) is 53.3 Å². The van der Waals surface area contributed by atoms with Crippen LogP contribution in [0.3, 0.4) is 0 Å². The summed E-state index contributed by atoms with van der Waals surface area (Å²) in [6.07, 6.45) is 8.94. The second-order valence-electron chi connectivity index (χ2n) is 4.99. The number of hydrogen-bond donors (Lipinski definition) is 0. The zero-order valence-electron chi connectivity index (χ0n) is 10.8. The van der Waals surface area contributed by atoms with E-state index in [1.807, 2.05) is 12.1 Å². The topological polar surface area (TPSA) is 52.0 Å². The predicted octanol–water partition coefficient (Wildman–Crippen LogP) is 3.21. The summed E-state index contributed by atoms with van der Waals surface area (Å²) in [5.74, 6) is 0. The summed E-state index contributed by atoms with van der Waals surface area (Å²) < 4.78 is 27.1. The molecule has 0 saturated carbocycles. The van der Waals surface area contributed by atoms with Gasteiger partial charge in [0.25, 0.3) is 0 Å². The standard InChI is InChI=1S/C14H13BrN2O2S/c1-14(7-2-5-12(15)10-14)20(18,19)17-9-6-11-4-3-8-16-13(11)17/h2-9H,10H2,1H3. The van der Waals surface area contributed by atoms with Crippen molar-refractivity contribution < 1.29 is 8.42 Å². The number of allylic oxidation sites excluding steroid dienone is 3. The van der Waals surface area contributed by atoms with Crippen molar-refractivity contribution in [3.8, 4) is 0 Å². The number of pyridine rings is 1. The van der Waals surface area contributed by atoms with E-state index in [4.69, 9.17) is 0 Å². The maximum atomic E-state index is 13.0. The van der Waals surface area contributed by atoms with Crippen LogP contribution in [0.15, 0.2) is 53.3 Å². The van der Waals surface area contributed by atoms with Crippen molar-refractivity contribution >= 4 is 37.0 Å². The third-order valence-electron chi connectivity index (χ3n) is 3.51. The summed E-state index contributed by atoms with van der Waals surface area (Å²) in [7, 11) is -3.58. The molecular weight excluding hydrogens is 340 g/mol. The summed E-state index contributed by atoms with van der Waals surface area (Å²) in [5.41, 5.74) is 0.466.